The quantitative estimate of drug-likeness (QED) is 0.779. The first kappa shape index (κ1) is 17.5. The summed E-state index contributed by atoms with van der Waals surface area (Å²) in [6.07, 6.45) is 1.64. The van der Waals surface area contributed by atoms with Crippen LogP contribution in [0.2, 0.25) is 0 Å². The Labute approximate surface area is 128 Å². The minimum Gasteiger partial charge on any atom is -0.507 e. The zero-order valence-corrected chi connectivity index (χ0v) is 14.6. The van der Waals surface area contributed by atoms with Crippen molar-refractivity contribution in [3.63, 3.8) is 0 Å². The maximum atomic E-state index is 11.3. The molecule has 0 aromatic heterocycles. The molecule has 0 heterocycles. The first-order valence-electron chi connectivity index (χ1n) is 7.41. The van der Waals surface area contributed by atoms with Crippen LogP contribution in [0.3, 0.4) is 0 Å². The third-order valence-corrected chi connectivity index (χ3v) is 3.60. The lowest BCUT2D eigenvalue weighted by atomic mass is 9.77. The molecule has 0 aliphatic rings. The zero-order valence-electron chi connectivity index (χ0n) is 14.6. The predicted molar refractivity (Wildman–Crippen MR) is 89.8 cm³/mol. The minimum absolute atomic E-state index is 0.0372. The lowest BCUT2D eigenvalue weighted by Crippen LogP contribution is -2.17. The standard InChI is InChI=1S/C19H28O2/c1-12(9-13(2)20)14-10-15(18(3,4)5)17(21)16(11-14)19(6,7)8/h9-11,21H,1-8H3. The van der Waals surface area contributed by atoms with E-state index in [0.29, 0.717) is 5.75 Å². The lowest BCUT2D eigenvalue weighted by molar-refractivity contribution is -0.112. The number of aromatic hydroxyl groups is 1. The number of benzene rings is 1. The maximum absolute atomic E-state index is 11.3. The average Bonchev–Trinajstić information content (AvgIpc) is 2.24. The Morgan fingerprint density at radius 3 is 1.62 bits per heavy atom. The molecule has 21 heavy (non-hydrogen) atoms. The Morgan fingerprint density at radius 2 is 1.33 bits per heavy atom. The summed E-state index contributed by atoms with van der Waals surface area (Å²) in [7, 11) is 0. The van der Waals surface area contributed by atoms with E-state index in [0.717, 1.165) is 22.3 Å². The van der Waals surface area contributed by atoms with Gasteiger partial charge in [-0.15, -0.1) is 0 Å². The summed E-state index contributed by atoms with van der Waals surface area (Å²) in [5.41, 5.74) is 3.45. The van der Waals surface area contributed by atoms with Crippen LogP contribution in [0.15, 0.2) is 18.2 Å². The molecule has 0 atom stereocenters. The van der Waals surface area contributed by atoms with Gasteiger partial charge in [0.2, 0.25) is 0 Å². The SMILES string of the molecule is CC(=O)C=C(C)c1cc(C(C)(C)C)c(O)c(C(C)(C)C)c1. The Morgan fingerprint density at radius 1 is 0.952 bits per heavy atom. The van der Waals surface area contributed by atoms with Crippen LogP contribution in [0.25, 0.3) is 5.57 Å². The van der Waals surface area contributed by atoms with E-state index in [-0.39, 0.29) is 16.6 Å². The highest BCUT2D eigenvalue weighted by molar-refractivity contribution is 5.94. The summed E-state index contributed by atoms with van der Waals surface area (Å²) in [5, 5.41) is 10.7. The second-order valence-electron chi connectivity index (χ2n) is 7.86. The molecule has 2 nitrogen and oxygen atoms in total. The normalized spacial score (nSPS) is 13.4. The van der Waals surface area contributed by atoms with Gasteiger partial charge < -0.3 is 5.11 Å². The third-order valence-electron chi connectivity index (χ3n) is 3.60. The first-order chi connectivity index (χ1) is 9.34. The van der Waals surface area contributed by atoms with Crippen LogP contribution in [0, 0.1) is 0 Å². The Bertz CT molecular complexity index is 544. The number of hydrogen-bond donors (Lipinski definition) is 1. The fourth-order valence-electron chi connectivity index (χ4n) is 2.39. The summed E-state index contributed by atoms with van der Waals surface area (Å²) in [6.45, 7) is 16.0. The predicted octanol–water partition coefficient (Wildman–Crippen LogP) is 4.98. The van der Waals surface area contributed by atoms with Crippen molar-refractivity contribution in [2.24, 2.45) is 0 Å². The smallest absolute Gasteiger partial charge is 0.152 e. The average molecular weight is 288 g/mol. The van der Waals surface area contributed by atoms with Gasteiger partial charge in [0.25, 0.3) is 0 Å². The number of phenolic OH excluding ortho intramolecular Hbond substituents is 1. The van der Waals surface area contributed by atoms with E-state index >= 15 is 0 Å². The van der Waals surface area contributed by atoms with Crippen molar-refractivity contribution in [3.8, 4) is 5.75 Å². The molecular formula is C19H28O2. The molecule has 0 amide bonds. The van der Waals surface area contributed by atoms with Gasteiger partial charge in [-0.2, -0.15) is 0 Å². The molecule has 0 unspecified atom stereocenters. The van der Waals surface area contributed by atoms with Crippen LogP contribution < -0.4 is 0 Å². The summed E-state index contributed by atoms with van der Waals surface area (Å²) in [6, 6.07) is 4.00. The molecule has 0 radical (unpaired) electrons. The van der Waals surface area contributed by atoms with E-state index in [2.05, 4.69) is 41.5 Å². The van der Waals surface area contributed by atoms with Crippen LogP contribution in [0.1, 0.15) is 72.1 Å². The number of carbonyl (C=O) groups excluding carboxylic acids is 1. The zero-order chi connectivity index (χ0) is 16.6. The van der Waals surface area contributed by atoms with Crippen LogP contribution in [0.4, 0.5) is 0 Å². The molecule has 116 valence electrons. The topological polar surface area (TPSA) is 37.3 Å². The molecule has 0 spiro atoms. The van der Waals surface area contributed by atoms with E-state index in [1.54, 1.807) is 13.0 Å². The number of rotatable bonds is 2. The number of hydrogen-bond acceptors (Lipinski definition) is 2. The van der Waals surface area contributed by atoms with Gasteiger partial charge >= 0.3 is 0 Å². The van der Waals surface area contributed by atoms with Gasteiger partial charge in [0.05, 0.1) is 0 Å². The van der Waals surface area contributed by atoms with E-state index in [1.807, 2.05) is 19.1 Å². The fraction of sp³-hybridized carbons (Fsp3) is 0.526. The number of ketones is 1. The maximum Gasteiger partial charge on any atom is 0.152 e. The van der Waals surface area contributed by atoms with Gasteiger partial charge in [-0.25, -0.2) is 0 Å². The van der Waals surface area contributed by atoms with E-state index in [4.69, 9.17) is 0 Å². The highest BCUT2D eigenvalue weighted by atomic mass is 16.3. The molecule has 0 fully saturated rings. The van der Waals surface area contributed by atoms with Crippen molar-refractivity contribution in [1.29, 1.82) is 0 Å². The Hall–Kier alpha value is -1.57. The van der Waals surface area contributed by atoms with Crippen LogP contribution in [-0.2, 0) is 15.6 Å². The van der Waals surface area contributed by atoms with Crippen molar-refractivity contribution in [3.05, 3.63) is 34.9 Å². The lowest BCUT2D eigenvalue weighted by Gasteiger charge is -2.28. The molecule has 1 rings (SSSR count). The molecule has 1 aromatic carbocycles. The first-order valence-corrected chi connectivity index (χ1v) is 7.41. The number of carbonyl (C=O) groups is 1. The Kier molecular flexibility index (Phi) is 4.72. The van der Waals surface area contributed by atoms with Crippen LogP contribution in [-0.4, -0.2) is 10.9 Å². The van der Waals surface area contributed by atoms with Crippen molar-refractivity contribution < 1.29 is 9.90 Å². The third kappa shape index (κ3) is 4.20. The van der Waals surface area contributed by atoms with E-state index < -0.39 is 0 Å². The fourth-order valence-corrected chi connectivity index (χ4v) is 2.39. The largest absolute Gasteiger partial charge is 0.507 e. The summed E-state index contributed by atoms with van der Waals surface area (Å²) >= 11 is 0. The molecule has 0 saturated carbocycles. The van der Waals surface area contributed by atoms with Crippen molar-refractivity contribution >= 4 is 11.4 Å². The number of allylic oxidation sites excluding steroid dienone is 2. The van der Waals surface area contributed by atoms with Crippen molar-refractivity contribution in [1.82, 2.24) is 0 Å². The van der Waals surface area contributed by atoms with Crippen molar-refractivity contribution in [2.45, 2.75) is 66.2 Å². The molecule has 2 heteroatoms. The highest BCUT2D eigenvalue weighted by Crippen LogP contribution is 2.40. The van der Waals surface area contributed by atoms with Gasteiger partial charge in [-0.05, 0) is 54.0 Å². The van der Waals surface area contributed by atoms with Gasteiger partial charge in [0.15, 0.2) is 5.78 Å². The van der Waals surface area contributed by atoms with Gasteiger partial charge in [0, 0.05) is 11.1 Å². The van der Waals surface area contributed by atoms with Crippen molar-refractivity contribution in [2.75, 3.05) is 0 Å². The molecule has 0 aliphatic carbocycles. The molecule has 1 N–H and O–H groups in total. The minimum atomic E-state index is -0.156. The molecular weight excluding hydrogens is 260 g/mol. The van der Waals surface area contributed by atoms with Crippen LogP contribution >= 0.6 is 0 Å². The van der Waals surface area contributed by atoms with Crippen LogP contribution in [0.5, 0.6) is 5.75 Å². The van der Waals surface area contributed by atoms with Gasteiger partial charge in [0.1, 0.15) is 5.75 Å². The second kappa shape index (κ2) is 5.67. The van der Waals surface area contributed by atoms with E-state index in [1.165, 1.54) is 0 Å². The highest BCUT2D eigenvalue weighted by Gasteiger charge is 2.26. The molecule has 0 saturated heterocycles. The molecule has 0 aliphatic heterocycles. The van der Waals surface area contributed by atoms with Gasteiger partial charge in [-0.1, -0.05) is 41.5 Å². The molecule has 0 bridgehead atoms. The van der Waals surface area contributed by atoms with Gasteiger partial charge in [-0.3, -0.25) is 4.79 Å². The monoisotopic (exact) mass is 288 g/mol. The summed E-state index contributed by atoms with van der Waals surface area (Å²) in [5.74, 6) is 0.407. The summed E-state index contributed by atoms with van der Waals surface area (Å²) < 4.78 is 0. The Balaban J connectivity index is 3.67. The number of phenols is 1. The summed E-state index contributed by atoms with van der Waals surface area (Å²) in [4.78, 5) is 11.3. The second-order valence-corrected chi connectivity index (χ2v) is 7.86. The van der Waals surface area contributed by atoms with E-state index in [9.17, 15) is 9.90 Å². The molecule has 1 aromatic rings.